The molecule has 0 atom stereocenters. The number of carbonyl (C=O) groups is 1. The molecule has 0 spiro atoms. The predicted molar refractivity (Wildman–Crippen MR) is 94.7 cm³/mol. The normalized spacial score (nSPS) is 10.8. The van der Waals surface area contributed by atoms with Crippen molar-refractivity contribution in [3.63, 3.8) is 0 Å². The number of pyridine rings is 1. The summed E-state index contributed by atoms with van der Waals surface area (Å²) < 4.78 is 5.12. The smallest absolute Gasteiger partial charge is 0.255 e. The van der Waals surface area contributed by atoms with Gasteiger partial charge in [-0.05, 0) is 42.0 Å². The Bertz CT molecular complexity index is 949. The second-order valence-corrected chi connectivity index (χ2v) is 5.75. The van der Waals surface area contributed by atoms with Gasteiger partial charge in [0.2, 0.25) is 5.56 Å². The van der Waals surface area contributed by atoms with E-state index >= 15 is 0 Å². The van der Waals surface area contributed by atoms with Crippen molar-refractivity contribution in [3.05, 3.63) is 75.0 Å². The van der Waals surface area contributed by atoms with Gasteiger partial charge in [-0.25, -0.2) is 0 Å². The standard InChI is InChI=1S/C18H15ClN2O3/c1-24-10-12-8-17(22)21-16-9-14(6-7-15(12)16)20-18(23)11-2-4-13(19)5-3-11/h2-9H,10H2,1H3,(H,20,23)(H,21,22). The van der Waals surface area contributed by atoms with Crippen molar-refractivity contribution in [2.45, 2.75) is 6.61 Å². The number of anilines is 1. The maximum absolute atomic E-state index is 12.3. The van der Waals surface area contributed by atoms with Gasteiger partial charge in [0.1, 0.15) is 0 Å². The summed E-state index contributed by atoms with van der Waals surface area (Å²) in [6.07, 6.45) is 0. The highest BCUT2D eigenvalue weighted by atomic mass is 35.5. The highest BCUT2D eigenvalue weighted by Gasteiger charge is 2.08. The summed E-state index contributed by atoms with van der Waals surface area (Å²) in [7, 11) is 1.58. The van der Waals surface area contributed by atoms with E-state index in [-0.39, 0.29) is 11.5 Å². The summed E-state index contributed by atoms with van der Waals surface area (Å²) in [6.45, 7) is 0.344. The van der Waals surface area contributed by atoms with Crippen LogP contribution in [0.5, 0.6) is 0 Å². The summed E-state index contributed by atoms with van der Waals surface area (Å²) in [4.78, 5) is 26.8. The van der Waals surface area contributed by atoms with Crippen molar-refractivity contribution < 1.29 is 9.53 Å². The van der Waals surface area contributed by atoms with Crippen LogP contribution in [0.3, 0.4) is 0 Å². The van der Waals surface area contributed by atoms with Gasteiger partial charge < -0.3 is 15.0 Å². The SMILES string of the molecule is COCc1cc(=O)[nH]c2cc(NC(=O)c3ccc(Cl)cc3)ccc12. The number of nitrogens with one attached hydrogen (secondary N) is 2. The average molecular weight is 343 g/mol. The van der Waals surface area contributed by atoms with Crippen molar-refractivity contribution >= 4 is 34.1 Å². The predicted octanol–water partition coefficient (Wildman–Crippen LogP) is 3.58. The second kappa shape index (κ2) is 6.86. The van der Waals surface area contributed by atoms with Gasteiger partial charge in [-0.1, -0.05) is 17.7 Å². The lowest BCUT2D eigenvalue weighted by molar-refractivity contribution is 0.102. The molecule has 0 unspecified atom stereocenters. The zero-order chi connectivity index (χ0) is 17.1. The minimum Gasteiger partial charge on any atom is -0.380 e. The number of methoxy groups -OCH3 is 1. The summed E-state index contributed by atoms with van der Waals surface area (Å²) in [6, 6.07) is 13.5. The van der Waals surface area contributed by atoms with Crippen LogP contribution >= 0.6 is 11.6 Å². The number of hydrogen-bond donors (Lipinski definition) is 2. The maximum atomic E-state index is 12.3. The van der Waals surface area contributed by atoms with Crippen LogP contribution in [0.15, 0.2) is 53.3 Å². The first-order valence-corrected chi connectivity index (χ1v) is 7.66. The molecule has 5 nitrogen and oxygen atoms in total. The number of carbonyl (C=O) groups excluding carboxylic acids is 1. The molecule has 24 heavy (non-hydrogen) atoms. The molecule has 122 valence electrons. The fourth-order valence-corrected chi connectivity index (χ4v) is 2.62. The van der Waals surface area contributed by atoms with Crippen LogP contribution in [0.4, 0.5) is 5.69 Å². The minimum atomic E-state index is -0.249. The van der Waals surface area contributed by atoms with Crippen molar-refractivity contribution in [1.82, 2.24) is 4.98 Å². The van der Waals surface area contributed by atoms with Gasteiger partial charge in [0.05, 0.1) is 12.1 Å². The molecule has 0 aliphatic carbocycles. The number of fused-ring (bicyclic) bond motifs is 1. The number of H-pyrrole nitrogens is 1. The van der Waals surface area contributed by atoms with Gasteiger partial charge in [-0.3, -0.25) is 9.59 Å². The average Bonchev–Trinajstić information content (AvgIpc) is 2.55. The Balaban J connectivity index is 1.92. The highest BCUT2D eigenvalue weighted by Crippen LogP contribution is 2.21. The van der Waals surface area contributed by atoms with E-state index < -0.39 is 0 Å². The van der Waals surface area contributed by atoms with Gasteiger partial charge in [-0.2, -0.15) is 0 Å². The molecule has 0 saturated heterocycles. The van der Waals surface area contributed by atoms with E-state index in [0.29, 0.717) is 28.4 Å². The molecule has 0 fully saturated rings. The zero-order valence-corrected chi connectivity index (χ0v) is 13.7. The molecule has 2 N–H and O–H groups in total. The van der Waals surface area contributed by atoms with Crippen LogP contribution in [0, 0.1) is 0 Å². The van der Waals surface area contributed by atoms with Crippen molar-refractivity contribution in [3.8, 4) is 0 Å². The number of amides is 1. The molecular weight excluding hydrogens is 328 g/mol. The number of aromatic nitrogens is 1. The van der Waals surface area contributed by atoms with E-state index in [1.807, 2.05) is 6.07 Å². The van der Waals surface area contributed by atoms with Gasteiger partial charge in [-0.15, -0.1) is 0 Å². The monoisotopic (exact) mass is 342 g/mol. The van der Waals surface area contributed by atoms with Crippen LogP contribution in [-0.2, 0) is 11.3 Å². The summed E-state index contributed by atoms with van der Waals surface area (Å²) >= 11 is 5.82. The second-order valence-electron chi connectivity index (χ2n) is 5.31. The van der Waals surface area contributed by atoms with Crippen molar-refractivity contribution in [2.75, 3.05) is 12.4 Å². The summed E-state index contributed by atoms with van der Waals surface area (Å²) in [5, 5.41) is 4.25. The molecule has 6 heteroatoms. The number of rotatable bonds is 4. The van der Waals surface area contributed by atoms with Gasteiger partial charge in [0.25, 0.3) is 5.91 Å². The van der Waals surface area contributed by atoms with E-state index in [0.717, 1.165) is 10.9 Å². The third-order valence-electron chi connectivity index (χ3n) is 3.59. The molecule has 0 aliphatic rings. The Hall–Kier alpha value is -2.63. The van der Waals surface area contributed by atoms with Gasteiger partial charge >= 0.3 is 0 Å². The van der Waals surface area contributed by atoms with E-state index in [1.165, 1.54) is 6.07 Å². The third kappa shape index (κ3) is 3.48. The minimum absolute atomic E-state index is 0.212. The van der Waals surface area contributed by atoms with Gasteiger partial charge in [0, 0.05) is 34.8 Å². The van der Waals surface area contributed by atoms with E-state index in [9.17, 15) is 9.59 Å². The first-order chi connectivity index (χ1) is 11.6. The van der Waals surface area contributed by atoms with Crippen LogP contribution in [0.25, 0.3) is 10.9 Å². The Labute approximate surface area is 143 Å². The quantitative estimate of drug-likeness (QED) is 0.761. The largest absolute Gasteiger partial charge is 0.380 e. The molecule has 3 rings (SSSR count). The van der Waals surface area contributed by atoms with Crippen LogP contribution < -0.4 is 10.9 Å². The molecule has 1 amide bonds. The Morgan fingerprint density at radius 3 is 2.62 bits per heavy atom. The molecule has 0 bridgehead atoms. The lowest BCUT2D eigenvalue weighted by Crippen LogP contribution is -2.12. The highest BCUT2D eigenvalue weighted by molar-refractivity contribution is 6.30. The Morgan fingerprint density at radius 1 is 1.17 bits per heavy atom. The van der Waals surface area contributed by atoms with E-state index in [2.05, 4.69) is 10.3 Å². The van der Waals surface area contributed by atoms with E-state index in [1.54, 1.807) is 43.5 Å². The van der Waals surface area contributed by atoms with Crippen molar-refractivity contribution in [2.24, 2.45) is 0 Å². The Kier molecular flexibility index (Phi) is 4.64. The number of benzene rings is 2. The Morgan fingerprint density at radius 2 is 1.92 bits per heavy atom. The topological polar surface area (TPSA) is 71.2 Å². The first kappa shape index (κ1) is 16.2. The maximum Gasteiger partial charge on any atom is 0.255 e. The van der Waals surface area contributed by atoms with Crippen molar-refractivity contribution in [1.29, 1.82) is 0 Å². The van der Waals surface area contributed by atoms with Crippen LogP contribution in [-0.4, -0.2) is 18.0 Å². The molecule has 0 saturated carbocycles. The molecule has 3 aromatic rings. The molecule has 0 radical (unpaired) electrons. The summed E-state index contributed by atoms with van der Waals surface area (Å²) in [5.41, 5.74) is 2.32. The molecule has 1 heterocycles. The molecular formula is C18H15ClN2O3. The van der Waals surface area contributed by atoms with Gasteiger partial charge in [0.15, 0.2) is 0 Å². The molecule has 2 aromatic carbocycles. The van der Waals surface area contributed by atoms with Crippen LogP contribution in [0.1, 0.15) is 15.9 Å². The van der Waals surface area contributed by atoms with Crippen LogP contribution in [0.2, 0.25) is 5.02 Å². The fourth-order valence-electron chi connectivity index (χ4n) is 2.49. The van der Waals surface area contributed by atoms with E-state index in [4.69, 9.17) is 16.3 Å². The third-order valence-corrected chi connectivity index (χ3v) is 3.84. The fraction of sp³-hybridized carbons (Fsp3) is 0.111. The number of hydrogen-bond acceptors (Lipinski definition) is 3. The number of ether oxygens (including phenoxy) is 1. The first-order valence-electron chi connectivity index (χ1n) is 7.28. The zero-order valence-electron chi connectivity index (χ0n) is 12.9. The lowest BCUT2D eigenvalue weighted by atomic mass is 10.1. The summed E-state index contributed by atoms with van der Waals surface area (Å²) in [5.74, 6) is -0.249. The number of aromatic amines is 1. The molecule has 1 aromatic heterocycles. The molecule has 0 aliphatic heterocycles. The lowest BCUT2D eigenvalue weighted by Gasteiger charge is -2.09. The number of halogens is 1.